The van der Waals surface area contributed by atoms with Crippen molar-refractivity contribution in [2.24, 2.45) is 0 Å². The molecule has 3 aromatic heterocycles. The summed E-state index contributed by atoms with van der Waals surface area (Å²) in [5.74, 6) is -2.77. The van der Waals surface area contributed by atoms with Crippen LogP contribution in [0.2, 0.25) is 0 Å². The molecule has 0 amide bonds. The Labute approximate surface area is 470 Å². The molecule has 0 aliphatic rings. The van der Waals surface area contributed by atoms with Crippen LogP contribution in [0.25, 0.3) is 83.4 Å². The Kier molecular flexibility index (Phi) is 4.59. The van der Waals surface area contributed by atoms with Crippen LogP contribution >= 0.6 is 0 Å². The molecule has 336 valence electrons. The van der Waals surface area contributed by atoms with E-state index in [4.69, 9.17) is 40.4 Å². The molecule has 6 heteroatoms. The van der Waals surface area contributed by atoms with E-state index in [2.05, 4.69) is 23.4 Å². The molecule has 0 radical (unpaired) electrons. The van der Waals surface area contributed by atoms with Crippen molar-refractivity contribution in [3.63, 3.8) is 0 Å². The van der Waals surface area contributed by atoms with Crippen LogP contribution in [0.4, 0.5) is 0 Å². The predicted octanol–water partition coefficient (Wildman–Crippen LogP) is 15.2. The third kappa shape index (κ3) is 8.26. The van der Waals surface area contributed by atoms with Crippen LogP contribution in [0.15, 0.2) is 193 Å². The normalized spacial score (nSPS) is 21.0. The minimum atomic E-state index is -4.15. The smallest absolute Gasteiger partial charge is 0.268 e. The van der Waals surface area contributed by atoms with Crippen LogP contribution in [0, 0.1) is 18.5 Å². The number of pyridine rings is 1. The molecule has 11 aromatic rings. The molecular formula is C62H50N4OPt-2. The summed E-state index contributed by atoms with van der Waals surface area (Å²) in [7, 11) is 0. The van der Waals surface area contributed by atoms with Crippen molar-refractivity contribution >= 4 is 32.8 Å². The van der Waals surface area contributed by atoms with Gasteiger partial charge in [-0.2, -0.15) is 18.1 Å². The van der Waals surface area contributed by atoms with Crippen LogP contribution in [-0.2, 0) is 31.9 Å². The summed E-state index contributed by atoms with van der Waals surface area (Å²) in [5.41, 5.74) is -18.1. The zero-order valence-electron chi connectivity index (χ0n) is 76.0. The van der Waals surface area contributed by atoms with Gasteiger partial charge in [0.15, 0.2) is 0 Å². The maximum absolute atomic E-state index is 9.90. The van der Waals surface area contributed by atoms with Gasteiger partial charge < -0.3 is 13.9 Å². The molecule has 3 heterocycles. The second-order valence-electron chi connectivity index (χ2n) is 15.4. The molecule has 0 bridgehead atoms. The molecule has 68 heavy (non-hydrogen) atoms. The average molecular weight is 1100 g/mol. The van der Waals surface area contributed by atoms with Crippen molar-refractivity contribution in [1.29, 1.82) is 0 Å². The molecule has 0 unspecified atom stereocenters. The van der Waals surface area contributed by atoms with Gasteiger partial charge in [0.2, 0.25) is 0 Å². The summed E-state index contributed by atoms with van der Waals surface area (Å²) in [4.78, 5) is 4.20. The fourth-order valence-electron chi connectivity index (χ4n) is 6.85. The summed E-state index contributed by atoms with van der Waals surface area (Å²) < 4.78 is 376. The number of hydrogen-bond donors (Lipinski definition) is 0. The van der Waals surface area contributed by atoms with E-state index in [1.807, 2.05) is 0 Å². The Balaban J connectivity index is 0.0000127. The SMILES string of the molecule is [2H]c1nc(-n2c3[c-]c(Oc4[c-]c(-n5[c-][n+](-c6c(-c7c([2H])c([2H])c([2H])c([2H])c7[2H])c([2H])c([2H])c([2H])c6-c6c([2H])c([2H])c([2H])c([2H])c6[2H])c6c([2H])c([2H])c([2H])c([2H])c65)c([2H])c([2H])c4[2H])c([2H])c([2H])c3c3c([2H])c(-c4c([2H])c([2H])c(C(C([2H])([2H])[2H])(C([2H])([2H])[2H])C([2H])([2H])[2H])c([2H])c4[2H])c([2H])c([2H])c32)c([2H])c(C(C)(C)C)c1[2H].[Pt]. The fraction of sp³-hybridized carbons (Fsp3) is 0.129. The van der Waals surface area contributed by atoms with E-state index >= 15 is 0 Å². The van der Waals surface area contributed by atoms with Gasteiger partial charge in [0.25, 0.3) is 6.33 Å². The van der Waals surface area contributed by atoms with Gasteiger partial charge in [-0.25, -0.2) is 4.98 Å². The van der Waals surface area contributed by atoms with Gasteiger partial charge >= 0.3 is 0 Å². The van der Waals surface area contributed by atoms with Crippen molar-refractivity contribution in [3.05, 3.63) is 223 Å². The average Bonchev–Trinajstić information content (AvgIpc) is 0.740. The monoisotopic (exact) mass is 1100 g/mol. The van der Waals surface area contributed by atoms with Gasteiger partial charge in [0, 0.05) is 59.3 Å². The summed E-state index contributed by atoms with van der Waals surface area (Å²) >= 11 is 0. The van der Waals surface area contributed by atoms with Gasteiger partial charge in [-0.3, -0.25) is 4.57 Å². The number of benzene rings is 8. The van der Waals surface area contributed by atoms with Gasteiger partial charge in [0.1, 0.15) is 5.82 Å². The maximum atomic E-state index is 9.90. The Bertz CT molecular complexity index is 5670. The van der Waals surface area contributed by atoms with Crippen molar-refractivity contribution in [2.75, 3.05) is 0 Å². The van der Waals surface area contributed by atoms with Gasteiger partial charge in [-0.1, -0.05) is 186 Å². The predicted molar refractivity (Wildman–Crippen MR) is 274 cm³/mol. The molecule has 0 saturated heterocycles. The Morgan fingerprint density at radius 2 is 1.22 bits per heavy atom. The first-order valence-electron chi connectivity index (χ1n) is 40.1. The second-order valence-corrected chi connectivity index (χ2v) is 15.4. The van der Waals surface area contributed by atoms with Gasteiger partial charge in [-0.05, 0) is 88.7 Å². The van der Waals surface area contributed by atoms with Crippen LogP contribution in [0.5, 0.6) is 11.5 Å². The topological polar surface area (TPSA) is 35.9 Å². The molecule has 0 saturated carbocycles. The van der Waals surface area contributed by atoms with Crippen LogP contribution < -0.4 is 9.30 Å². The standard InChI is InChI=1S/C62H50N4O.Pt/c1-61(2,3)46-30-27-42(28-31-46)45-29-34-55-54(37-45)53-33-32-50(40-58(53)66(55)59-38-47(35-36-63-59)62(4,5)6)67-49-22-15-21-48(39-49)64-41-65(57-26-14-13-25-56(57)64)60-51(43-17-9-7-10-18-43)23-16-24-52(60)44-19-11-8-12-20-44;/h7-38H,1-6H3;/q-2;/i1D3,2D3,3D3,7D,8D,9D,10D,11D,12D,13D,14D,15D,16D,17D,18D,19D,20D,21D,22D,23D,24D,25D,26D,27D,28D,29D,30D,31D,32D,33D,34D,35D,36D,37D,38D;. The third-order valence-electron chi connectivity index (χ3n) is 9.94. The zero-order valence-corrected chi connectivity index (χ0v) is 37.3. The number of imidazole rings is 1. The van der Waals surface area contributed by atoms with E-state index in [0.717, 1.165) is 4.57 Å². The molecule has 0 N–H and O–H groups in total. The molecular weight excluding hydrogens is 1010 g/mol. The minimum absolute atomic E-state index is 0. The number of ether oxygens (including phenoxy) is 1. The fourth-order valence-corrected chi connectivity index (χ4v) is 6.85. The van der Waals surface area contributed by atoms with E-state index in [-0.39, 0.29) is 26.6 Å². The zero-order chi connectivity index (χ0) is 81.2. The summed E-state index contributed by atoms with van der Waals surface area (Å²) in [5, 5.41) is -1.43. The van der Waals surface area contributed by atoms with E-state index in [0.29, 0.717) is 9.13 Å². The van der Waals surface area contributed by atoms with E-state index in [9.17, 15) is 20.6 Å². The quantitative estimate of drug-likeness (QED) is 0.112. The Morgan fingerprint density at radius 1 is 0.559 bits per heavy atom. The number of fused-ring (bicyclic) bond motifs is 4. The number of aromatic nitrogens is 4. The molecule has 0 spiro atoms. The Morgan fingerprint density at radius 3 is 1.93 bits per heavy atom. The van der Waals surface area contributed by atoms with Crippen molar-refractivity contribution in [2.45, 2.75) is 52.2 Å². The molecule has 8 aromatic carbocycles. The van der Waals surface area contributed by atoms with Crippen LogP contribution in [-0.4, -0.2) is 14.1 Å². The largest absolute Gasteiger partial charge is 0.510 e. The third-order valence-corrected chi connectivity index (χ3v) is 9.94. The minimum Gasteiger partial charge on any atom is -0.510 e. The van der Waals surface area contributed by atoms with Gasteiger partial charge in [0.05, 0.1) is 53.7 Å². The van der Waals surface area contributed by atoms with Crippen molar-refractivity contribution < 1.29 is 86.6 Å². The number of para-hydroxylation sites is 3. The van der Waals surface area contributed by atoms with Crippen molar-refractivity contribution in [3.8, 4) is 62.1 Å². The van der Waals surface area contributed by atoms with Crippen molar-refractivity contribution in [1.82, 2.24) is 14.1 Å². The van der Waals surface area contributed by atoms with E-state index in [1.165, 1.54) is 0 Å². The van der Waals surface area contributed by atoms with Crippen LogP contribution in [0.1, 0.15) is 109 Å². The van der Waals surface area contributed by atoms with Gasteiger partial charge in [-0.15, -0.1) is 29.6 Å². The molecule has 0 fully saturated rings. The first kappa shape index (κ1) is 17.6. The number of rotatable bonds is 8. The first-order valence-corrected chi connectivity index (χ1v) is 19.6. The number of hydrogen-bond acceptors (Lipinski definition) is 2. The van der Waals surface area contributed by atoms with Crippen LogP contribution in [0.3, 0.4) is 0 Å². The summed E-state index contributed by atoms with van der Waals surface area (Å²) in [6.45, 7) is -7.79. The first-order chi connectivity index (χ1) is 49.6. The molecule has 0 aliphatic carbocycles. The maximum Gasteiger partial charge on any atom is 0.268 e. The second kappa shape index (κ2) is 17.7. The van der Waals surface area contributed by atoms with E-state index < -0.39 is 325 Å². The molecule has 11 rings (SSSR count). The molecule has 0 atom stereocenters. The summed E-state index contributed by atoms with van der Waals surface area (Å²) in [6, 6.07) is -29.4. The Hall–Kier alpha value is -7.33. The molecule has 5 nitrogen and oxygen atoms in total. The summed E-state index contributed by atoms with van der Waals surface area (Å²) in [6.07, 6.45) is 1.79. The van der Waals surface area contributed by atoms with E-state index in [1.54, 1.807) is 20.8 Å². The number of nitrogens with zero attached hydrogens (tertiary/aromatic N) is 4. The molecule has 0 aliphatic heterocycles.